The maximum absolute atomic E-state index is 12.3. The van der Waals surface area contributed by atoms with Crippen LogP contribution in [0.1, 0.15) is 30.2 Å². The van der Waals surface area contributed by atoms with Crippen LogP contribution < -0.4 is 10.1 Å². The first-order valence-corrected chi connectivity index (χ1v) is 9.57. The molecule has 2 atom stereocenters. The highest BCUT2D eigenvalue weighted by Gasteiger charge is 2.22. The van der Waals surface area contributed by atoms with Gasteiger partial charge in [0.25, 0.3) is 0 Å². The molecule has 26 heavy (non-hydrogen) atoms. The molecular formula is C19H22ClNO4S. The zero-order chi connectivity index (χ0) is 19.1. The van der Waals surface area contributed by atoms with Crippen molar-refractivity contribution in [3.63, 3.8) is 0 Å². The number of carboxylic acid groups (broad SMARTS) is 1. The van der Waals surface area contributed by atoms with Gasteiger partial charge in [0.1, 0.15) is 5.75 Å². The van der Waals surface area contributed by atoms with E-state index in [1.165, 1.54) is 11.3 Å². The van der Waals surface area contributed by atoms with E-state index in [-0.39, 0.29) is 18.4 Å². The zero-order valence-corrected chi connectivity index (χ0v) is 16.3. The molecule has 0 aliphatic heterocycles. The minimum absolute atomic E-state index is 0.0742. The fraction of sp³-hybridized carbons (Fsp3) is 0.368. The van der Waals surface area contributed by atoms with E-state index in [1.54, 1.807) is 13.0 Å². The van der Waals surface area contributed by atoms with Crippen molar-refractivity contribution in [2.75, 3.05) is 13.2 Å². The lowest BCUT2D eigenvalue weighted by Crippen LogP contribution is -2.36. The van der Waals surface area contributed by atoms with E-state index in [1.807, 2.05) is 37.3 Å². The number of hydrogen-bond acceptors (Lipinski definition) is 4. The van der Waals surface area contributed by atoms with Crippen molar-refractivity contribution in [3.05, 3.63) is 51.2 Å². The molecule has 1 amide bonds. The van der Waals surface area contributed by atoms with Crippen LogP contribution >= 0.6 is 22.9 Å². The van der Waals surface area contributed by atoms with Gasteiger partial charge in [-0.05, 0) is 50.1 Å². The molecule has 2 N–H and O–H groups in total. The normalized spacial score (nSPS) is 13.0. The highest BCUT2D eigenvalue weighted by atomic mass is 35.5. The predicted molar refractivity (Wildman–Crippen MR) is 103 cm³/mol. The van der Waals surface area contributed by atoms with Crippen molar-refractivity contribution < 1.29 is 19.4 Å². The van der Waals surface area contributed by atoms with Gasteiger partial charge in [0, 0.05) is 11.4 Å². The smallest absolute Gasteiger partial charge is 0.308 e. The van der Waals surface area contributed by atoms with Crippen LogP contribution in [0, 0.1) is 5.92 Å². The van der Waals surface area contributed by atoms with Gasteiger partial charge in [-0.3, -0.25) is 9.59 Å². The Bertz CT molecular complexity index is 744. The standard InChI is InChI=1S/C19H22ClNO4S/c1-3-25-15-6-4-13(5-7-15)10-14(19(23)24)11-21-18(22)12(2)16-8-9-17(20)26-16/h4-9,12,14H,3,10-11H2,1-2H3,(H,21,22)(H,23,24). The molecule has 5 nitrogen and oxygen atoms in total. The third kappa shape index (κ3) is 5.75. The molecular weight excluding hydrogens is 374 g/mol. The lowest BCUT2D eigenvalue weighted by atomic mass is 9.99. The van der Waals surface area contributed by atoms with Crippen molar-refractivity contribution >= 4 is 34.8 Å². The Hall–Kier alpha value is -2.05. The third-order valence-corrected chi connectivity index (χ3v) is 5.42. The molecule has 0 aliphatic carbocycles. The Morgan fingerprint density at radius 3 is 2.46 bits per heavy atom. The second kappa shape index (κ2) is 9.59. The average molecular weight is 396 g/mol. The van der Waals surface area contributed by atoms with Crippen LogP contribution in [0.3, 0.4) is 0 Å². The average Bonchev–Trinajstić information content (AvgIpc) is 3.05. The number of carbonyl (C=O) groups excluding carboxylic acids is 1. The molecule has 2 unspecified atom stereocenters. The Balaban J connectivity index is 1.93. The molecule has 0 saturated carbocycles. The molecule has 0 fully saturated rings. The first kappa shape index (κ1) is 20.3. The monoisotopic (exact) mass is 395 g/mol. The zero-order valence-electron chi connectivity index (χ0n) is 14.7. The van der Waals surface area contributed by atoms with Gasteiger partial charge in [0.05, 0.1) is 22.8 Å². The van der Waals surface area contributed by atoms with Crippen molar-refractivity contribution in [3.8, 4) is 5.75 Å². The van der Waals surface area contributed by atoms with Crippen LogP contribution in [0.5, 0.6) is 5.75 Å². The number of carboxylic acids is 1. The van der Waals surface area contributed by atoms with Crippen LogP contribution in [0.2, 0.25) is 4.34 Å². The molecule has 1 heterocycles. The molecule has 0 radical (unpaired) electrons. The first-order valence-electron chi connectivity index (χ1n) is 8.38. The fourth-order valence-electron chi connectivity index (χ4n) is 2.49. The van der Waals surface area contributed by atoms with Crippen molar-refractivity contribution in [2.45, 2.75) is 26.2 Å². The number of rotatable bonds is 9. The molecule has 0 saturated heterocycles. The summed E-state index contributed by atoms with van der Waals surface area (Å²) < 4.78 is 6.00. The Morgan fingerprint density at radius 1 is 1.23 bits per heavy atom. The molecule has 7 heteroatoms. The van der Waals surface area contributed by atoms with Crippen LogP contribution in [0.15, 0.2) is 36.4 Å². The maximum atomic E-state index is 12.3. The van der Waals surface area contributed by atoms with Gasteiger partial charge in [-0.25, -0.2) is 0 Å². The van der Waals surface area contributed by atoms with Gasteiger partial charge in [0.2, 0.25) is 5.91 Å². The molecule has 2 aromatic rings. The predicted octanol–water partition coefficient (Wildman–Crippen LogP) is 3.96. The topological polar surface area (TPSA) is 75.6 Å². The number of halogens is 1. The Labute approximate surface area is 161 Å². The summed E-state index contributed by atoms with van der Waals surface area (Å²) in [7, 11) is 0. The van der Waals surface area contributed by atoms with E-state index >= 15 is 0 Å². The highest BCUT2D eigenvalue weighted by Crippen LogP contribution is 2.28. The Kier molecular flexibility index (Phi) is 7.48. The Morgan fingerprint density at radius 2 is 1.92 bits per heavy atom. The van der Waals surface area contributed by atoms with Crippen LogP contribution in [-0.2, 0) is 16.0 Å². The quantitative estimate of drug-likeness (QED) is 0.673. The minimum Gasteiger partial charge on any atom is -0.494 e. The van der Waals surface area contributed by atoms with E-state index in [0.29, 0.717) is 17.4 Å². The number of nitrogens with one attached hydrogen (secondary N) is 1. The fourth-order valence-corrected chi connectivity index (χ4v) is 3.60. The van der Waals surface area contributed by atoms with Crippen LogP contribution in [0.25, 0.3) is 0 Å². The van der Waals surface area contributed by atoms with E-state index < -0.39 is 11.9 Å². The van der Waals surface area contributed by atoms with Crippen LogP contribution in [-0.4, -0.2) is 30.1 Å². The summed E-state index contributed by atoms with van der Waals surface area (Å²) in [6.07, 6.45) is 0.335. The molecule has 1 aromatic heterocycles. The molecule has 1 aromatic carbocycles. The molecule has 2 rings (SSSR count). The van der Waals surface area contributed by atoms with Gasteiger partial charge >= 0.3 is 5.97 Å². The summed E-state index contributed by atoms with van der Waals surface area (Å²) in [5, 5.41) is 12.2. The number of benzene rings is 1. The second-order valence-electron chi connectivity index (χ2n) is 5.92. The van der Waals surface area contributed by atoms with Crippen LogP contribution in [0.4, 0.5) is 0 Å². The van der Waals surface area contributed by atoms with Gasteiger partial charge < -0.3 is 15.2 Å². The van der Waals surface area contributed by atoms with Crippen molar-refractivity contribution in [1.29, 1.82) is 0 Å². The van der Waals surface area contributed by atoms with Crippen molar-refractivity contribution in [2.24, 2.45) is 5.92 Å². The number of ether oxygens (including phenoxy) is 1. The largest absolute Gasteiger partial charge is 0.494 e. The number of thiophene rings is 1. The van der Waals surface area contributed by atoms with E-state index in [9.17, 15) is 14.7 Å². The van der Waals surface area contributed by atoms with E-state index in [4.69, 9.17) is 16.3 Å². The number of aliphatic carboxylic acids is 1. The maximum Gasteiger partial charge on any atom is 0.308 e. The SMILES string of the molecule is CCOc1ccc(CC(CNC(=O)C(C)c2ccc(Cl)s2)C(=O)O)cc1. The first-order chi connectivity index (χ1) is 12.4. The lowest BCUT2D eigenvalue weighted by molar-refractivity contribution is -0.141. The summed E-state index contributed by atoms with van der Waals surface area (Å²) in [4.78, 5) is 24.7. The second-order valence-corrected chi connectivity index (χ2v) is 7.67. The lowest BCUT2D eigenvalue weighted by Gasteiger charge is -2.16. The van der Waals surface area contributed by atoms with Gasteiger partial charge in [-0.1, -0.05) is 23.7 Å². The summed E-state index contributed by atoms with van der Waals surface area (Å²) in [5.74, 6) is -1.46. The third-order valence-electron chi connectivity index (χ3n) is 4.00. The molecule has 0 spiro atoms. The summed E-state index contributed by atoms with van der Waals surface area (Å²) >= 11 is 7.25. The summed E-state index contributed by atoms with van der Waals surface area (Å²) in [5.41, 5.74) is 0.883. The van der Waals surface area contributed by atoms with Gasteiger partial charge in [0.15, 0.2) is 0 Å². The molecule has 0 bridgehead atoms. The molecule has 140 valence electrons. The van der Waals surface area contributed by atoms with Crippen molar-refractivity contribution in [1.82, 2.24) is 5.32 Å². The number of hydrogen-bond donors (Lipinski definition) is 2. The van der Waals surface area contributed by atoms with Gasteiger partial charge in [-0.2, -0.15) is 0 Å². The van der Waals surface area contributed by atoms with Gasteiger partial charge in [-0.15, -0.1) is 11.3 Å². The van der Waals surface area contributed by atoms with E-state index in [0.717, 1.165) is 16.2 Å². The highest BCUT2D eigenvalue weighted by molar-refractivity contribution is 7.16. The minimum atomic E-state index is -0.939. The number of carbonyl (C=O) groups is 2. The number of amides is 1. The van der Waals surface area contributed by atoms with E-state index in [2.05, 4.69) is 5.32 Å². The molecule has 0 aliphatic rings. The summed E-state index contributed by atoms with van der Waals surface area (Å²) in [6.45, 7) is 4.34. The summed E-state index contributed by atoms with van der Waals surface area (Å²) in [6, 6.07) is 10.9.